The molecule has 2 N–H and O–H groups in total. The van der Waals surface area contributed by atoms with E-state index in [9.17, 15) is 14.4 Å². The summed E-state index contributed by atoms with van der Waals surface area (Å²) in [5.74, 6) is -0.659. The first-order chi connectivity index (χ1) is 10.8. The van der Waals surface area contributed by atoms with Gasteiger partial charge in [-0.1, -0.05) is 18.5 Å². The third kappa shape index (κ3) is 3.56. The molecule has 4 amide bonds. The molecule has 0 unspecified atom stereocenters. The molecule has 2 atom stereocenters. The Kier molecular flexibility index (Phi) is 4.79. The van der Waals surface area contributed by atoms with Crippen molar-refractivity contribution in [3.63, 3.8) is 0 Å². The lowest BCUT2D eigenvalue weighted by Crippen LogP contribution is -2.51. The van der Waals surface area contributed by atoms with Gasteiger partial charge in [0, 0.05) is 5.02 Å². The largest absolute Gasteiger partial charge is 0.481 e. The maximum Gasteiger partial charge on any atom is 0.344 e. The molecule has 0 radical (unpaired) electrons. The van der Waals surface area contributed by atoms with Gasteiger partial charge in [0.05, 0.1) is 0 Å². The van der Waals surface area contributed by atoms with E-state index in [0.29, 0.717) is 22.2 Å². The van der Waals surface area contributed by atoms with Crippen LogP contribution in [0, 0.1) is 0 Å². The number of hydrazine groups is 1. The van der Waals surface area contributed by atoms with E-state index in [-0.39, 0.29) is 0 Å². The van der Waals surface area contributed by atoms with E-state index in [4.69, 9.17) is 16.3 Å². The molecule has 7 nitrogen and oxygen atoms in total. The van der Waals surface area contributed by atoms with Crippen molar-refractivity contribution in [2.75, 3.05) is 0 Å². The maximum absolute atomic E-state index is 12.2. The van der Waals surface area contributed by atoms with E-state index in [0.717, 1.165) is 0 Å². The molecule has 2 rings (SSSR count). The molecule has 1 aromatic rings. The molecule has 124 valence electrons. The SMILES string of the molecule is CC[C@]1(C)NC(=O)N(NC(=O)[C@H](C)Oc2ccc(Cl)cc2)C1=O. The van der Waals surface area contributed by atoms with Crippen LogP contribution in [0.15, 0.2) is 24.3 Å². The Balaban J connectivity index is 2.00. The number of amides is 4. The fourth-order valence-corrected chi connectivity index (χ4v) is 2.12. The molecule has 8 heteroatoms. The van der Waals surface area contributed by atoms with E-state index in [1.165, 1.54) is 6.92 Å². The monoisotopic (exact) mass is 339 g/mol. The molecular weight excluding hydrogens is 322 g/mol. The Hall–Kier alpha value is -2.28. The van der Waals surface area contributed by atoms with Crippen molar-refractivity contribution in [1.82, 2.24) is 15.8 Å². The second kappa shape index (κ2) is 6.45. The second-order valence-electron chi connectivity index (χ2n) is 5.45. The maximum atomic E-state index is 12.2. The van der Waals surface area contributed by atoms with Crippen LogP contribution in [-0.2, 0) is 9.59 Å². The summed E-state index contributed by atoms with van der Waals surface area (Å²) >= 11 is 5.77. The number of urea groups is 1. The number of hydrogen-bond acceptors (Lipinski definition) is 4. The van der Waals surface area contributed by atoms with E-state index in [1.807, 2.05) is 0 Å². The fraction of sp³-hybridized carbons (Fsp3) is 0.400. The molecule has 0 bridgehead atoms. The molecule has 0 aliphatic carbocycles. The van der Waals surface area contributed by atoms with Crippen LogP contribution in [0.4, 0.5) is 4.79 Å². The normalized spacial score (nSPS) is 21.8. The van der Waals surface area contributed by atoms with Gasteiger partial charge in [0.25, 0.3) is 11.8 Å². The number of rotatable bonds is 5. The second-order valence-corrected chi connectivity index (χ2v) is 5.88. The van der Waals surface area contributed by atoms with Gasteiger partial charge in [-0.2, -0.15) is 5.01 Å². The predicted octanol–water partition coefficient (Wildman–Crippen LogP) is 1.86. The zero-order valence-corrected chi connectivity index (χ0v) is 13.8. The summed E-state index contributed by atoms with van der Waals surface area (Å²) in [4.78, 5) is 36.2. The van der Waals surface area contributed by atoms with Crippen LogP contribution >= 0.6 is 11.6 Å². The van der Waals surface area contributed by atoms with E-state index in [1.54, 1.807) is 38.1 Å². The minimum absolute atomic E-state index is 0.417. The summed E-state index contributed by atoms with van der Waals surface area (Å²) in [5.41, 5.74) is 1.27. The van der Waals surface area contributed by atoms with Gasteiger partial charge in [-0.25, -0.2) is 4.79 Å². The van der Waals surface area contributed by atoms with Crippen LogP contribution in [0.1, 0.15) is 27.2 Å². The molecule has 1 aliphatic rings. The van der Waals surface area contributed by atoms with Crippen molar-refractivity contribution >= 4 is 29.4 Å². The smallest absolute Gasteiger partial charge is 0.344 e. The van der Waals surface area contributed by atoms with Gasteiger partial charge < -0.3 is 10.1 Å². The van der Waals surface area contributed by atoms with Crippen LogP contribution in [0.5, 0.6) is 5.75 Å². The molecular formula is C15H18ClN3O4. The van der Waals surface area contributed by atoms with E-state index in [2.05, 4.69) is 10.7 Å². The number of nitrogens with one attached hydrogen (secondary N) is 2. The Morgan fingerprint density at radius 2 is 2.00 bits per heavy atom. The zero-order chi connectivity index (χ0) is 17.2. The number of imide groups is 1. The minimum Gasteiger partial charge on any atom is -0.481 e. The van der Waals surface area contributed by atoms with Gasteiger partial charge in [0.1, 0.15) is 11.3 Å². The number of ether oxygens (including phenoxy) is 1. The summed E-state index contributed by atoms with van der Waals surface area (Å²) in [7, 11) is 0. The third-order valence-corrected chi connectivity index (χ3v) is 3.94. The lowest BCUT2D eigenvalue weighted by Gasteiger charge is -2.21. The number of carbonyl (C=O) groups excluding carboxylic acids is 3. The Bertz CT molecular complexity index is 634. The van der Waals surface area contributed by atoms with Gasteiger partial charge in [-0.05, 0) is 44.5 Å². The summed E-state index contributed by atoms with van der Waals surface area (Å²) in [6.07, 6.45) is -0.480. The quantitative estimate of drug-likeness (QED) is 0.801. The van der Waals surface area contributed by atoms with Crippen molar-refractivity contribution in [3.8, 4) is 5.75 Å². The first-order valence-corrected chi connectivity index (χ1v) is 7.54. The average molecular weight is 340 g/mol. The number of nitrogens with zero attached hydrogens (tertiary/aromatic N) is 1. The van der Waals surface area contributed by atoms with Gasteiger partial charge >= 0.3 is 6.03 Å². The zero-order valence-electron chi connectivity index (χ0n) is 13.1. The van der Waals surface area contributed by atoms with Crippen LogP contribution in [-0.4, -0.2) is 34.5 Å². The lowest BCUT2D eigenvalue weighted by atomic mass is 10.00. The molecule has 1 aromatic carbocycles. The van der Waals surface area contributed by atoms with Crippen LogP contribution in [0.2, 0.25) is 5.02 Å². The Morgan fingerprint density at radius 1 is 1.39 bits per heavy atom. The van der Waals surface area contributed by atoms with Crippen molar-refractivity contribution in [3.05, 3.63) is 29.3 Å². The average Bonchev–Trinajstić information content (AvgIpc) is 2.73. The number of carbonyl (C=O) groups is 3. The number of hydrogen-bond donors (Lipinski definition) is 2. The van der Waals surface area contributed by atoms with Gasteiger partial charge in [-0.3, -0.25) is 15.0 Å². The highest BCUT2D eigenvalue weighted by Gasteiger charge is 2.47. The summed E-state index contributed by atoms with van der Waals surface area (Å²) in [6, 6.07) is 5.84. The molecule has 1 aliphatic heterocycles. The molecule has 23 heavy (non-hydrogen) atoms. The lowest BCUT2D eigenvalue weighted by molar-refractivity contribution is -0.141. The van der Waals surface area contributed by atoms with Crippen LogP contribution in [0.3, 0.4) is 0 Å². The Morgan fingerprint density at radius 3 is 2.52 bits per heavy atom. The highest BCUT2D eigenvalue weighted by Crippen LogP contribution is 2.20. The molecule has 0 aromatic heterocycles. The van der Waals surface area contributed by atoms with E-state index < -0.39 is 29.5 Å². The molecule has 0 saturated carbocycles. The summed E-state index contributed by atoms with van der Waals surface area (Å²) < 4.78 is 5.45. The van der Waals surface area contributed by atoms with Gasteiger partial charge in [-0.15, -0.1) is 0 Å². The van der Waals surface area contributed by atoms with Gasteiger partial charge in [0.2, 0.25) is 0 Å². The van der Waals surface area contributed by atoms with E-state index >= 15 is 0 Å². The topological polar surface area (TPSA) is 87.7 Å². The van der Waals surface area contributed by atoms with Crippen molar-refractivity contribution in [1.29, 1.82) is 0 Å². The fourth-order valence-electron chi connectivity index (χ4n) is 2.00. The standard InChI is InChI=1S/C15H18ClN3O4/c1-4-15(3)13(21)19(14(22)17-15)18-12(20)9(2)23-11-7-5-10(16)6-8-11/h5-9H,4H2,1-3H3,(H,17,22)(H,18,20)/t9-,15-/m0/s1. The van der Waals surface area contributed by atoms with Crippen molar-refractivity contribution in [2.24, 2.45) is 0 Å². The first-order valence-electron chi connectivity index (χ1n) is 7.16. The van der Waals surface area contributed by atoms with Crippen LogP contribution in [0.25, 0.3) is 0 Å². The van der Waals surface area contributed by atoms with Crippen molar-refractivity contribution < 1.29 is 19.1 Å². The van der Waals surface area contributed by atoms with Crippen LogP contribution < -0.4 is 15.5 Å². The number of benzene rings is 1. The van der Waals surface area contributed by atoms with Crippen molar-refractivity contribution in [2.45, 2.75) is 38.8 Å². The molecule has 1 fully saturated rings. The third-order valence-electron chi connectivity index (χ3n) is 3.69. The molecule has 0 spiro atoms. The number of halogens is 1. The summed E-state index contributed by atoms with van der Waals surface area (Å²) in [5, 5.41) is 3.78. The first kappa shape index (κ1) is 17.1. The van der Waals surface area contributed by atoms with Gasteiger partial charge in [0.15, 0.2) is 6.10 Å². The molecule has 1 saturated heterocycles. The molecule has 1 heterocycles. The Labute approximate surface area is 138 Å². The summed E-state index contributed by atoms with van der Waals surface area (Å²) in [6.45, 7) is 4.89. The highest BCUT2D eigenvalue weighted by molar-refractivity contribution is 6.30. The minimum atomic E-state index is -1.01. The predicted molar refractivity (Wildman–Crippen MR) is 83.8 cm³/mol. The highest BCUT2D eigenvalue weighted by atomic mass is 35.5.